The summed E-state index contributed by atoms with van der Waals surface area (Å²) in [4.78, 5) is 10.9. The Balaban J connectivity index is 2.17. The maximum Gasteiger partial charge on any atom is 0.508 e. The molecule has 0 bridgehead atoms. The summed E-state index contributed by atoms with van der Waals surface area (Å²) in [6.45, 7) is 2.92. The Morgan fingerprint density at radius 2 is 1.95 bits per heavy atom. The molecular weight excluding hydrogens is 246 g/mol. The van der Waals surface area contributed by atoms with E-state index in [-0.39, 0.29) is 6.61 Å². The number of ether oxygens (including phenoxy) is 3. The minimum absolute atomic E-state index is 0.211. The number of benzene rings is 1. The van der Waals surface area contributed by atoms with Crippen LogP contribution in [0.4, 0.5) is 10.5 Å². The summed E-state index contributed by atoms with van der Waals surface area (Å²) in [5.41, 5.74) is 0.997. The van der Waals surface area contributed by atoms with E-state index in [0.717, 1.165) is 11.4 Å². The van der Waals surface area contributed by atoms with Crippen molar-refractivity contribution in [1.82, 2.24) is 0 Å². The van der Waals surface area contributed by atoms with Gasteiger partial charge in [0.2, 0.25) is 0 Å². The van der Waals surface area contributed by atoms with Crippen LogP contribution in [0.15, 0.2) is 36.4 Å². The summed E-state index contributed by atoms with van der Waals surface area (Å²) >= 11 is 0. The zero-order valence-corrected chi connectivity index (χ0v) is 11.2. The first-order chi connectivity index (χ1) is 9.26. The second-order valence-electron chi connectivity index (χ2n) is 3.57. The molecule has 5 nitrogen and oxygen atoms in total. The van der Waals surface area contributed by atoms with Gasteiger partial charge in [-0.15, -0.1) is 0 Å². The monoisotopic (exact) mass is 265 g/mol. The summed E-state index contributed by atoms with van der Waals surface area (Å²) in [6, 6.07) is 7.63. The van der Waals surface area contributed by atoms with Crippen LogP contribution in [-0.2, 0) is 9.47 Å². The highest BCUT2D eigenvalue weighted by atomic mass is 16.7. The lowest BCUT2D eigenvalue weighted by Gasteiger charge is -2.04. The van der Waals surface area contributed by atoms with Gasteiger partial charge in [0.1, 0.15) is 12.4 Å². The van der Waals surface area contributed by atoms with Gasteiger partial charge in [-0.1, -0.05) is 6.08 Å². The summed E-state index contributed by atoms with van der Waals surface area (Å²) in [6.07, 6.45) is 2.99. The number of methoxy groups -OCH3 is 1. The number of anilines is 1. The van der Waals surface area contributed by atoms with Crippen molar-refractivity contribution in [3.63, 3.8) is 0 Å². The Hall–Kier alpha value is -2.17. The van der Waals surface area contributed by atoms with Crippen LogP contribution in [0.1, 0.15) is 6.92 Å². The van der Waals surface area contributed by atoms with Crippen molar-refractivity contribution in [2.45, 2.75) is 6.92 Å². The van der Waals surface area contributed by atoms with E-state index in [0.29, 0.717) is 13.2 Å². The lowest BCUT2D eigenvalue weighted by molar-refractivity contribution is 0.0673. The van der Waals surface area contributed by atoms with Gasteiger partial charge < -0.3 is 19.5 Å². The Labute approximate surface area is 113 Å². The molecule has 0 atom stereocenters. The van der Waals surface area contributed by atoms with E-state index in [1.165, 1.54) is 0 Å². The van der Waals surface area contributed by atoms with Gasteiger partial charge in [-0.05, 0) is 37.3 Å². The number of nitrogens with one attached hydrogen (secondary N) is 1. The molecule has 0 fully saturated rings. The standard InChI is InChI=1S/C14H19NO4/c1-3-18-14(16)19-11-5-4-10-15-12-6-8-13(17-2)9-7-12/h4-9,15H,3,10-11H2,1-2H3/b5-4+. The van der Waals surface area contributed by atoms with Crippen molar-refractivity contribution in [1.29, 1.82) is 0 Å². The van der Waals surface area contributed by atoms with E-state index in [2.05, 4.69) is 10.1 Å². The minimum atomic E-state index is -0.643. The highest BCUT2D eigenvalue weighted by Gasteiger charge is 1.98. The zero-order valence-electron chi connectivity index (χ0n) is 11.2. The maximum atomic E-state index is 10.9. The third-order valence-corrected chi connectivity index (χ3v) is 2.24. The summed E-state index contributed by atoms with van der Waals surface area (Å²) < 4.78 is 14.5. The van der Waals surface area contributed by atoms with Crippen molar-refractivity contribution in [3.05, 3.63) is 36.4 Å². The van der Waals surface area contributed by atoms with E-state index >= 15 is 0 Å². The number of rotatable bonds is 7. The van der Waals surface area contributed by atoms with Crippen molar-refractivity contribution in [2.24, 2.45) is 0 Å². The van der Waals surface area contributed by atoms with Gasteiger partial charge in [0.15, 0.2) is 0 Å². The van der Waals surface area contributed by atoms with E-state index in [1.807, 2.05) is 30.3 Å². The molecule has 1 N–H and O–H groups in total. The van der Waals surface area contributed by atoms with Crippen LogP contribution in [0.25, 0.3) is 0 Å². The molecule has 0 aromatic heterocycles. The van der Waals surface area contributed by atoms with Gasteiger partial charge in [0, 0.05) is 12.2 Å². The van der Waals surface area contributed by atoms with Crippen molar-refractivity contribution >= 4 is 11.8 Å². The molecule has 0 amide bonds. The minimum Gasteiger partial charge on any atom is -0.497 e. The highest BCUT2D eigenvalue weighted by molar-refractivity contribution is 5.59. The Bertz CT molecular complexity index is 400. The van der Waals surface area contributed by atoms with Crippen LogP contribution >= 0.6 is 0 Å². The number of carbonyl (C=O) groups is 1. The molecule has 1 aromatic rings. The van der Waals surface area contributed by atoms with E-state index in [9.17, 15) is 4.79 Å². The van der Waals surface area contributed by atoms with Gasteiger partial charge in [-0.3, -0.25) is 0 Å². The Kier molecular flexibility index (Phi) is 6.94. The van der Waals surface area contributed by atoms with Crippen LogP contribution in [-0.4, -0.2) is 33.0 Å². The highest BCUT2D eigenvalue weighted by Crippen LogP contribution is 2.14. The summed E-state index contributed by atoms with van der Waals surface area (Å²) in [5, 5.41) is 3.20. The fourth-order valence-electron chi connectivity index (χ4n) is 1.31. The maximum absolute atomic E-state index is 10.9. The first-order valence-electron chi connectivity index (χ1n) is 6.08. The second-order valence-corrected chi connectivity index (χ2v) is 3.57. The molecule has 0 heterocycles. The topological polar surface area (TPSA) is 56.8 Å². The number of hydrogen-bond acceptors (Lipinski definition) is 5. The van der Waals surface area contributed by atoms with Gasteiger partial charge in [-0.2, -0.15) is 0 Å². The number of hydrogen-bond donors (Lipinski definition) is 1. The van der Waals surface area contributed by atoms with Crippen LogP contribution in [0.3, 0.4) is 0 Å². The Morgan fingerprint density at radius 1 is 1.21 bits per heavy atom. The largest absolute Gasteiger partial charge is 0.508 e. The lowest BCUT2D eigenvalue weighted by Crippen LogP contribution is -2.07. The SMILES string of the molecule is CCOC(=O)OC/C=C/CNc1ccc(OC)cc1. The smallest absolute Gasteiger partial charge is 0.497 e. The fourth-order valence-corrected chi connectivity index (χ4v) is 1.31. The van der Waals surface area contributed by atoms with Crippen LogP contribution in [0, 0.1) is 0 Å². The van der Waals surface area contributed by atoms with E-state index < -0.39 is 6.16 Å². The third kappa shape index (κ3) is 6.35. The first kappa shape index (κ1) is 14.9. The van der Waals surface area contributed by atoms with Crippen LogP contribution < -0.4 is 10.1 Å². The Morgan fingerprint density at radius 3 is 2.58 bits per heavy atom. The van der Waals surface area contributed by atoms with Crippen LogP contribution in [0.5, 0.6) is 5.75 Å². The zero-order chi connectivity index (χ0) is 13.9. The molecule has 1 rings (SSSR count). The van der Waals surface area contributed by atoms with Crippen LogP contribution in [0.2, 0.25) is 0 Å². The van der Waals surface area contributed by atoms with Crippen molar-refractivity contribution < 1.29 is 19.0 Å². The average molecular weight is 265 g/mol. The molecule has 0 aliphatic heterocycles. The average Bonchev–Trinajstić information content (AvgIpc) is 2.43. The van der Waals surface area contributed by atoms with Gasteiger partial charge in [-0.25, -0.2) is 4.79 Å². The summed E-state index contributed by atoms with van der Waals surface area (Å²) in [5.74, 6) is 0.823. The molecule has 0 radical (unpaired) electrons. The summed E-state index contributed by atoms with van der Waals surface area (Å²) in [7, 11) is 1.63. The molecule has 0 unspecified atom stereocenters. The van der Waals surface area contributed by atoms with Gasteiger partial charge in [0.05, 0.1) is 13.7 Å². The molecular formula is C14H19NO4. The predicted molar refractivity (Wildman–Crippen MR) is 73.6 cm³/mol. The van der Waals surface area contributed by atoms with Crippen molar-refractivity contribution in [2.75, 3.05) is 32.2 Å². The number of carbonyl (C=O) groups excluding carboxylic acids is 1. The predicted octanol–water partition coefficient (Wildman–Crippen LogP) is 2.84. The fraction of sp³-hybridized carbons (Fsp3) is 0.357. The van der Waals surface area contributed by atoms with E-state index in [4.69, 9.17) is 9.47 Å². The van der Waals surface area contributed by atoms with E-state index in [1.54, 1.807) is 20.1 Å². The molecule has 0 aliphatic carbocycles. The molecule has 0 aliphatic rings. The molecule has 1 aromatic carbocycles. The van der Waals surface area contributed by atoms with Crippen molar-refractivity contribution in [3.8, 4) is 5.75 Å². The van der Waals surface area contributed by atoms with Gasteiger partial charge >= 0.3 is 6.16 Å². The lowest BCUT2D eigenvalue weighted by atomic mass is 10.3. The molecule has 5 heteroatoms. The molecule has 0 saturated heterocycles. The molecule has 104 valence electrons. The molecule has 0 saturated carbocycles. The van der Waals surface area contributed by atoms with Gasteiger partial charge in [0.25, 0.3) is 0 Å². The molecule has 0 spiro atoms. The second kappa shape index (κ2) is 8.85. The molecule has 19 heavy (non-hydrogen) atoms. The normalized spacial score (nSPS) is 10.2. The third-order valence-electron chi connectivity index (χ3n) is 2.24. The first-order valence-corrected chi connectivity index (χ1v) is 6.08. The quantitative estimate of drug-likeness (QED) is 0.607.